The summed E-state index contributed by atoms with van der Waals surface area (Å²) in [5.41, 5.74) is 1.42. The minimum Gasteiger partial charge on any atom is -0.493 e. The van der Waals surface area contributed by atoms with E-state index in [-0.39, 0.29) is 12.5 Å². The Hall–Kier alpha value is -2.71. The molecule has 1 unspecified atom stereocenters. The number of methoxy groups -OCH3 is 1. The first-order valence-corrected chi connectivity index (χ1v) is 10.9. The minimum atomic E-state index is -0.668. The molecule has 0 bridgehead atoms. The third kappa shape index (κ3) is 4.71. The molecule has 3 heterocycles. The van der Waals surface area contributed by atoms with Gasteiger partial charge in [-0.1, -0.05) is 23.7 Å². The SMILES string of the molecule is COc1cc(C(=O)N2CC(C)(C)OCC2CF)cn2nc(CCc3cccc(Cl)c3)nc12. The second-order valence-corrected chi connectivity index (χ2v) is 8.97. The smallest absolute Gasteiger partial charge is 0.256 e. The van der Waals surface area contributed by atoms with E-state index in [1.807, 2.05) is 38.1 Å². The Morgan fingerprint density at radius 2 is 2.16 bits per heavy atom. The van der Waals surface area contributed by atoms with E-state index < -0.39 is 18.3 Å². The van der Waals surface area contributed by atoms with Gasteiger partial charge in [0.25, 0.3) is 5.91 Å². The molecule has 0 spiro atoms. The number of hydrogen-bond acceptors (Lipinski definition) is 5. The molecule has 32 heavy (non-hydrogen) atoms. The van der Waals surface area contributed by atoms with Crippen molar-refractivity contribution in [2.45, 2.75) is 38.3 Å². The zero-order valence-electron chi connectivity index (χ0n) is 18.3. The number of ether oxygens (including phenoxy) is 2. The number of alkyl halides is 1. The number of carbonyl (C=O) groups excluding carboxylic acids is 1. The van der Waals surface area contributed by atoms with Crippen molar-refractivity contribution in [2.75, 3.05) is 26.9 Å². The molecule has 1 atom stereocenters. The van der Waals surface area contributed by atoms with Crippen LogP contribution in [0.3, 0.4) is 0 Å². The van der Waals surface area contributed by atoms with Crippen molar-refractivity contribution in [1.82, 2.24) is 19.5 Å². The molecule has 1 aliphatic heterocycles. The molecule has 1 saturated heterocycles. The van der Waals surface area contributed by atoms with Crippen LogP contribution >= 0.6 is 11.6 Å². The molecule has 2 aromatic heterocycles. The number of amides is 1. The summed E-state index contributed by atoms with van der Waals surface area (Å²) in [4.78, 5) is 19.4. The summed E-state index contributed by atoms with van der Waals surface area (Å²) < 4.78 is 26.3. The van der Waals surface area contributed by atoms with Crippen molar-refractivity contribution >= 4 is 23.2 Å². The maximum atomic E-state index is 13.6. The first-order valence-electron chi connectivity index (χ1n) is 10.5. The first kappa shape index (κ1) is 22.5. The standard InChI is InChI=1S/C23H26ClFN4O3/c1-23(2)14-28(18(11-25)13-32-23)22(30)16-10-19(31-3)21-26-20(27-29(21)12-16)8-7-15-5-4-6-17(24)9-15/h4-6,9-10,12,18H,7-8,11,13-14H2,1-3H3. The van der Waals surface area contributed by atoms with Crippen molar-refractivity contribution in [3.63, 3.8) is 0 Å². The van der Waals surface area contributed by atoms with E-state index in [2.05, 4.69) is 10.1 Å². The summed E-state index contributed by atoms with van der Waals surface area (Å²) in [6.07, 6.45) is 2.95. The summed E-state index contributed by atoms with van der Waals surface area (Å²) in [5, 5.41) is 5.23. The third-order valence-electron chi connectivity index (χ3n) is 5.53. The maximum Gasteiger partial charge on any atom is 0.256 e. The highest BCUT2D eigenvalue weighted by Crippen LogP contribution is 2.26. The number of aryl methyl sites for hydroxylation is 2. The summed E-state index contributed by atoms with van der Waals surface area (Å²) in [6.45, 7) is 3.55. The molecule has 1 amide bonds. The molecule has 9 heteroatoms. The second-order valence-electron chi connectivity index (χ2n) is 8.54. The number of pyridine rings is 1. The maximum absolute atomic E-state index is 13.6. The van der Waals surface area contributed by atoms with Gasteiger partial charge in [-0.25, -0.2) is 13.9 Å². The van der Waals surface area contributed by atoms with Crippen LogP contribution in [0.25, 0.3) is 5.65 Å². The van der Waals surface area contributed by atoms with E-state index in [1.165, 1.54) is 12.0 Å². The third-order valence-corrected chi connectivity index (χ3v) is 5.77. The fraction of sp³-hybridized carbons (Fsp3) is 0.435. The number of hydrogen-bond donors (Lipinski definition) is 0. The van der Waals surface area contributed by atoms with Crippen LogP contribution in [-0.2, 0) is 17.6 Å². The molecule has 0 aliphatic carbocycles. The molecule has 3 aromatic rings. The number of aromatic nitrogens is 3. The van der Waals surface area contributed by atoms with Crippen LogP contribution in [0.2, 0.25) is 5.02 Å². The summed E-state index contributed by atoms with van der Waals surface area (Å²) in [5.74, 6) is 0.767. The number of morpholine rings is 1. The van der Waals surface area contributed by atoms with E-state index >= 15 is 0 Å². The minimum absolute atomic E-state index is 0.158. The van der Waals surface area contributed by atoms with Gasteiger partial charge < -0.3 is 14.4 Å². The number of carbonyl (C=O) groups is 1. The van der Waals surface area contributed by atoms with E-state index in [1.54, 1.807) is 16.8 Å². The number of rotatable bonds is 6. The van der Waals surface area contributed by atoms with Crippen LogP contribution in [0, 0.1) is 0 Å². The van der Waals surface area contributed by atoms with E-state index in [9.17, 15) is 9.18 Å². The van der Waals surface area contributed by atoms with Crippen LogP contribution in [0.15, 0.2) is 36.5 Å². The molecular weight excluding hydrogens is 435 g/mol. The highest BCUT2D eigenvalue weighted by Gasteiger charge is 2.37. The Labute approximate surface area is 191 Å². The Bertz CT molecular complexity index is 1130. The molecule has 1 aromatic carbocycles. The lowest BCUT2D eigenvalue weighted by atomic mass is 10.0. The van der Waals surface area contributed by atoms with E-state index in [0.717, 1.165) is 12.0 Å². The van der Waals surface area contributed by atoms with Crippen molar-refractivity contribution < 1.29 is 18.7 Å². The summed E-state index contributed by atoms with van der Waals surface area (Å²) >= 11 is 6.06. The van der Waals surface area contributed by atoms with Crippen LogP contribution in [0.4, 0.5) is 4.39 Å². The lowest BCUT2D eigenvalue weighted by Crippen LogP contribution is -2.57. The van der Waals surface area contributed by atoms with Crippen molar-refractivity contribution in [3.05, 3.63) is 58.5 Å². The fourth-order valence-electron chi connectivity index (χ4n) is 3.85. The van der Waals surface area contributed by atoms with Gasteiger partial charge in [-0.2, -0.15) is 5.10 Å². The summed E-state index contributed by atoms with van der Waals surface area (Å²) in [7, 11) is 1.52. The van der Waals surface area contributed by atoms with E-state index in [0.29, 0.717) is 40.8 Å². The number of fused-ring (bicyclic) bond motifs is 1. The predicted octanol–water partition coefficient (Wildman–Crippen LogP) is 3.77. The van der Waals surface area contributed by atoms with Crippen LogP contribution in [0.5, 0.6) is 5.75 Å². The molecule has 7 nitrogen and oxygen atoms in total. The lowest BCUT2D eigenvalue weighted by Gasteiger charge is -2.42. The van der Waals surface area contributed by atoms with Gasteiger partial charge in [0, 0.05) is 24.2 Å². The van der Waals surface area contributed by atoms with Crippen LogP contribution in [-0.4, -0.2) is 64.0 Å². The molecule has 4 rings (SSSR count). The van der Waals surface area contributed by atoms with E-state index in [4.69, 9.17) is 21.1 Å². The van der Waals surface area contributed by atoms with Gasteiger partial charge in [-0.05, 0) is 44.0 Å². The Balaban J connectivity index is 1.61. The normalized spacial score (nSPS) is 18.2. The quantitative estimate of drug-likeness (QED) is 0.560. The topological polar surface area (TPSA) is 69.0 Å². The van der Waals surface area contributed by atoms with Crippen molar-refractivity contribution in [2.24, 2.45) is 0 Å². The van der Waals surface area contributed by atoms with Crippen molar-refractivity contribution in [1.29, 1.82) is 0 Å². The van der Waals surface area contributed by atoms with Gasteiger partial charge in [0.2, 0.25) is 0 Å². The molecule has 0 radical (unpaired) electrons. The zero-order chi connectivity index (χ0) is 22.9. The molecule has 1 fully saturated rings. The first-order chi connectivity index (χ1) is 15.3. The zero-order valence-corrected chi connectivity index (χ0v) is 19.1. The molecule has 0 saturated carbocycles. The Morgan fingerprint density at radius 3 is 2.88 bits per heavy atom. The van der Waals surface area contributed by atoms with Gasteiger partial charge in [-0.15, -0.1) is 0 Å². The second kappa shape index (κ2) is 9.03. The van der Waals surface area contributed by atoms with Gasteiger partial charge in [0.15, 0.2) is 17.2 Å². The molecule has 1 aliphatic rings. The lowest BCUT2D eigenvalue weighted by molar-refractivity contribution is -0.105. The Morgan fingerprint density at radius 1 is 1.34 bits per heavy atom. The molecule has 170 valence electrons. The average Bonchev–Trinajstić information content (AvgIpc) is 3.19. The average molecular weight is 461 g/mol. The van der Waals surface area contributed by atoms with Gasteiger partial charge in [0.05, 0.1) is 30.9 Å². The summed E-state index contributed by atoms with van der Waals surface area (Å²) in [6, 6.07) is 8.67. The highest BCUT2D eigenvalue weighted by atomic mass is 35.5. The van der Waals surface area contributed by atoms with Gasteiger partial charge >= 0.3 is 0 Å². The van der Waals surface area contributed by atoms with Gasteiger partial charge in [0.1, 0.15) is 6.67 Å². The molecular formula is C23H26ClFN4O3. The number of nitrogens with zero attached hydrogens (tertiary/aromatic N) is 4. The monoisotopic (exact) mass is 460 g/mol. The van der Waals surface area contributed by atoms with Crippen molar-refractivity contribution in [3.8, 4) is 5.75 Å². The fourth-order valence-corrected chi connectivity index (χ4v) is 4.06. The number of benzene rings is 1. The van der Waals surface area contributed by atoms with Gasteiger partial charge in [-0.3, -0.25) is 4.79 Å². The van der Waals surface area contributed by atoms with Crippen LogP contribution < -0.4 is 4.74 Å². The largest absolute Gasteiger partial charge is 0.493 e. The predicted molar refractivity (Wildman–Crippen MR) is 119 cm³/mol. The van der Waals surface area contributed by atoms with Crippen LogP contribution in [0.1, 0.15) is 35.6 Å². The Kier molecular flexibility index (Phi) is 6.35. The molecule has 0 N–H and O–H groups in total. The highest BCUT2D eigenvalue weighted by molar-refractivity contribution is 6.30. The number of halogens is 2.